The minimum atomic E-state index is -4.49. The Labute approximate surface area is 190 Å². The number of allylic oxidation sites excluding steroid dienone is 9. The first kappa shape index (κ1) is 23.7. The van der Waals surface area contributed by atoms with Gasteiger partial charge in [0.05, 0.1) is 5.57 Å². The lowest BCUT2D eigenvalue weighted by Crippen LogP contribution is -2.21. The topological polar surface area (TPSA) is 0 Å². The Balaban J connectivity index is 2.68. The lowest BCUT2D eigenvalue weighted by atomic mass is 9.80. The predicted molar refractivity (Wildman–Crippen MR) is 121 cm³/mol. The van der Waals surface area contributed by atoms with Crippen LogP contribution < -0.4 is 0 Å². The minimum Gasteiger partial charge on any atom is -0.203 e. The maximum atomic E-state index is 13.8. The van der Waals surface area contributed by atoms with Crippen molar-refractivity contribution >= 4 is 47.8 Å². The van der Waals surface area contributed by atoms with Crippen molar-refractivity contribution in [2.75, 3.05) is 0 Å². The van der Waals surface area contributed by atoms with E-state index in [1.165, 1.54) is 6.08 Å². The van der Waals surface area contributed by atoms with Crippen molar-refractivity contribution in [3.8, 4) is 0 Å². The average molecular weight is 583 g/mol. The van der Waals surface area contributed by atoms with E-state index in [-0.39, 0.29) is 11.0 Å². The molecule has 2 aliphatic rings. The Bertz CT molecular complexity index is 847. The van der Waals surface area contributed by atoms with Gasteiger partial charge in [-0.3, -0.25) is 0 Å². The molecule has 0 radical (unpaired) electrons. The number of hydrogen-bond donors (Lipinski definition) is 0. The van der Waals surface area contributed by atoms with Crippen LogP contribution in [0.25, 0.3) is 0 Å². The van der Waals surface area contributed by atoms with Crippen LogP contribution in [0.1, 0.15) is 41.5 Å². The van der Waals surface area contributed by atoms with Gasteiger partial charge >= 0.3 is 6.18 Å². The SMILES string of the molecule is CC(C)(C)C1=C[C+](Br)C(=C=C2C(Br)=CC(C(C)(C)C)=C[C-]2Br)C(C(F)(F)F)=C1. The fourth-order valence-electron chi connectivity index (χ4n) is 2.64. The molecule has 2 rings (SSSR count). The van der Waals surface area contributed by atoms with E-state index in [0.29, 0.717) is 25.3 Å². The third-order valence-electron chi connectivity index (χ3n) is 4.42. The Morgan fingerprint density at radius 2 is 1.50 bits per heavy atom. The van der Waals surface area contributed by atoms with Crippen molar-refractivity contribution in [1.82, 2.24) is 0 Å². The molecular formula is C22H22Br3F3. The molecule has 0 aromatic rings. The highest BCUT2D eigenvalue weighted by Crippen LogP contribution is 2.47. The molecule has 2 aliphatic carbocycles. The summed E-state index contributed by atoms with van der Waals surface area (Å²) in [5.74, 6) is 0. The number of alkyl halides is 3. The summed E-state index contributed by atoms with van der Waals surface area (Å²) < 4.78 is 42.2. The van der Waals surface area contributed by atoms with Gasteiger partial charge in [0.15, 0.2) is 0 Å². The molecular weight excluding hydrogens is 561 g/mol. The van der Waals surface area contributed by atoms with Crippen molar-refractivity contribution in [2.45, 2.75) is 47.7 Å². The average Bonchev–Trinajstić information content (AvgIpc) is 2.48. The molecule has 0 nitrogen and oxygen atoms in total. The first-order valence-corrected chi connectivity index (χ1v) is 11.1. The van der Waals surface area contributed by atoms with Crippen molar-refractivity contribution in [3.05, 3.63) is 72.0 Å². The zero-order chi connectivity index (χ0) is 21.7. The highest BCUT2D eigenvalue weighted by molar-refractivity contribution is 9.12. The number of halogens is 6. The summed E-state index contributed by atoms with van der Waals surface area (Å²) in [6, 6.07) is 0. The van der Waals surface area contributed by atoms with Crippen molar-refractivity contribution in [3.63, 3.8) is 0 Å². The highest BCUT2D eigenvalue weighted by atomic mass is 79.9. The molecule has 0 amide bonds. The van der Waals surface area contributed by atoms with E-state index in [0.717, 1.165) is 5.57 Å². The summed E-state index contributed by atoms with van der Waals surface area (Å²) in [5.41, 5.74) is 3.99. The van der Waals surface area contributed by atoms with Gasteiger partial charge in [-0.2, -0.15) is 13.2 Å². The molecule has 0 spiro atoms. The van der Waals surface area contributed by atoms with Crippen molar-refractivity contribution in [1.29, 1.82) is 0 Å². The zero-order valence-electron chi connectivity index (χ0n) is 16.6. The Kier molecular flexibility index (Phi) is 6.73. The third-order valence-corrected chi connectivity index (χ3v) is 6.30. The third kappa shape index (κ3) is 5.33. The molecule has 0 atom stereocenters. The van der Waals surface area contributed by atoms with Crippen LogP contribution in [0, 0.1) is 20.5 Å². The molecule has 6 heteroatoms. The second-order valence-electron chi connectivity index (χ2n) is 8.82. The number of hydrogen-bond acceptors (Lipinski definition) is 0. The van der Waals surface area contributed by atoms with E-state index in [2.05, 4.69) is 74.3 Å². The van der Waals surface area contributed by atoms with Crippen LogP contribution in [-0.4, -0.2) is 6.18 Å². The lowest BCUT2D eigenvalue weighted by molar-refractivity contribution is -0.0893. The van der Waals surface area contributed by atoms with Gasteiger partial charge in [-0.25, -0.2) is 5.73 Å². The van der Waals surface area contributed by atoms with Crippen LogP contribution in [0.5, 0.6) is 0 Å². The molecule has 0 bridgehead atoms. The molecule has 0 saturated heterocycles. The summed E-state index contributed by atoms with van der Waals surface area (Å²) in [7, 11) is 0. The van der Waals surface area contributed by atoms with Crippen LogP contribution in [0.2, 0.25) is 0 Å². The molecule has 0 unspecified atom stereocenters. The van der Waals surface area contributed by atoms with E-state index in [9.17, 15) is 13.2 Å². The highest BCUT2D eigenvalue weighted by Gasteiger charge is 2.45. The summed E-state index contributed by atoms with van der Waals surface area (Å²) in [5, 5.41) is 0. The van der Waals surface area contributed by atoms with E-state index < -0.39 is 17.2 Å². The van der Waals surface area contributed by atoms with Gasteiger partial charge in [0.2, 0.25) is 0 Å². The maximum Gasteiger partial charge on any atom is 0.454 e. The fraction of sp³-hybridized carbons (Fsp3) is 0.409. The second-order valence-corrected chi connectivity index (χ2v) is 11.4. The summed E-state index contributed by atoms with van der Waals surface area (Å²) in [6.45, 7) is 11.9. The van der Waals surface area contributed by atoms with Crippen LogP contribution in [-0.2, 0) is 0 Å². The molecule has 28 heavy (non-hydrogen) atoms. The minimum absolute atomic E-state index is 0.00888. The second kappa shape index (κ2) is 7.94. The van der Waals surface area contributed by atoms with Gasteiger partial charge in [0.1, 0.15) is 10.4 Å². The van der Waals surface area contributed by atoms with Crippen LogP contribution >= 0.6 is 47.8 Å². The summed E-state index contributed by atoms with van der Waals surface area (Å²) >= 11 is 10.4. The number of rotatable bonds is 0. The molecule has 152 valence electrons. The zero-order valence-corrected chi connectivity index (χ0v) is 21.3. The van der Waals surface area contributed by atoms with Crippen LogP contribution in [0.4, 0.5) is 13.2 Å². The van der Waals surface area contributed by atoms with E-state index in [4.69, 9.17) is 0 Å². The molecule has 0 saturated carbocycles. The van der Waals surface area contributed by atoms with Crippen molar-refractivity contribution in [2.24, 2.45) is 10.8 Å². The van der Waals surface area contributed by atoms with Crippen LogP contribution in [0.3, 0.4) is 0 Å². The lowest BCUT2D eigenvalue weighted by Gasteiger charge is -2.33. The molecule has 0 aromatic heterocycles. The Morgan fingerprint density at radius 3 is 1.93 bits per heavy atom. The largest absolute Gasteiger partial charge is 0.454 e. The van der Waals surface area contributed by atoms with E-state index in [1.807, 2.05) is 32.9 Å². The van der Waals surface area contributed by atoms with Gasteiger partial charge in [-0.15, -0.1) is 49.6 Å². The van der Waals surface area contributed by atoms with Crippen molar-refractivity contribution < 1.29 is 13.2 Å². The Hall–Kier alpha value is -0.550. The quantitative estimate of drug-likeness (QED) is 0.197. The molecule has 0 aromatic carbocycles. The maximum absolute atomic E-state index is 13.8. The standard InChI is InChI=1S/C22H22Br3F3/c1-20(2,3)12-7-16(22(26,27)28)14(17(23)8-12)11-15-18(24)9-13(10-19(15)25)21(4,5)6/h7-10H,1-6H3. The fourth-order valence-corrected chi connectivity index (χ4v) is 4.58. The monoisotopic (exact) mass is 580 g/mol. The van der Waals surface area contributed by atoms with E-state index >= 15 is 0 Å². The normalized spacial score (nSPS) is 19.1. The summed E-state index contributed by atoms with van der Waals surface area (Å²) in [6.07, 6.45) is 2.33. The Morgan fingerprint density at radius 1 is 0.964 bits per heavy atom. The summed E-state index contributed by atoms with van der Waals surface area (Å²) in [4.78, 5) is 1.05. The molecule has 0 aliphatic heterocycles. The predicted octanol–water partition coefficient (Wildman–Crippen LogP) is 9.03. The van der Waals surface area contributed by atoms with Crippen LogP contribution in [0.15, 0.2) is 62.4 Å². The van der Waals surface area contributed by atoms with Gasteiger partial charge in [-0.05, 0) is 26.2 Å². The smallest absolute Gasteiger partial charge is 0.203 e. The molecule has 0 N–H and O–H groups in total. The molecule has 0 fully saturated rings. The van der Waals surface area contributed by atoms with Gasteiger partial charge in [0, 0.05) is 39.1 Å². The molecule has 0 heterocycles. The van der Waals surface area contributed by atoms with Gasteiger partial charge in [-0.1, -0.05) is 35.7 Å². The van der Waals surface area contributed by atoms with E-state index in [1.54, 1.807) is 6.08 Å². The van der Waals surface area contributed by atoms with Gasteiger partial charge in [0.25, 0.3) is 0 Å². The first-order chi connectivity index (χ1) is 12.5. The first-order valence-electron chi connectivity index (χ1n) is 8.69. The van der Waals surface area contributed by atoms with Gasteiger partial charge < -0.3 is 0 Å².